The summed E-state index contributed by atoms with van der Waals surface area (Å²) in [5, 5.41) is 0. The predicted molar refractivity (Wildman–Crippen MR) is 76.5 cm³/mol. The summed E-state index contributed by atoms with van der Waals surface area (Å²) in [4.78, 5) is 27.8. The molecule has 2 heterocycles. The number of piperidine rings is 2. The Hall–Kier alpha value is -1.14. The van der Waals surface area contributed by atoms with Gasteiger partial charge < -0.3 is 4.90 Å². The molecule has 2 fully saturated rings. The highest BCUT2D eigenvalue weighted by Gasteiger charge is 2.28. The van der Waals surface area contributed by atoms with Crippen molar-refractivity contribution in [2.45, 2.75) is 32.6 Å². The lowest BCUT2D eigenvalue weighted by Crippen LogP contribution is -2.48. The van der Waals surface area contributed by atoms with Gasteiger partial charge in [-0.15, -0.1) is 0 Å². The van der Waals surface area contributed by atoms with Gasteiger partial charge in [0.15, 0.2) is 0 Å². The molecule has 0 unspecified atom stereocenters. The maximum Gasteiger partial charge on any atom is 0.237 e. The third-order valence-electron chi connectivity index (χ3n) is 4.60. The lowest BCUT2D eigenvalue weighted by Gasteiger charge is -2.34. The maximum atomic E-state index is 12.3. The molecule has 2 amide bonds. The van der Waals surface area contributed by atoms with E-state index in [1.807, 2.05) is 4.90 Å². The molecule has 0 bridgehead atoms. The molecule has 0 aromatic carbocycles. The number of carbonyl (C=O) groups excluding carboxylic acids is 2. The molecule has 0 spiro atoms. The largest absolute Gasteiger partial charge is 0.342 e. The number of nitrogens with two attached hydrogens (primary N) is 1. The van der Waals surface area contributed by atoms with Gasteiger partial charge in [0.25, 0.3) is 0 Å². The Morgan fingerprint density at radius 1 is 1.10 bits per heavy atom. The Balaban J connectivity index is 1.73. The quantitative estimate of drug-likeness (QED) is 0.432. The van der Waals surface area contributed by atoms with Crippen molar-refractivity contribution in [2.24, 2.45) is 17.7 Å². The zero-order valence-electron chi connectivity index (χ0n) is 12.3. The normalized spacial score (nSPS) is 22.8. The van der Waals surface area contributed by atoms with Crippen molar-refractivity contribution in [1.29, 1.82) is 0 Å². The van der Waals surface area contributed by atoms with Gasteiger partial charge in [0.2, 0.25) is 11.8 Å². The van der Waals surface area contributed by atoms with Crippen LogP contribution >= 0.6 is 0 Å². The molecule has 2 saturated heterocycles. The highest BCUT2D eigenvalue weighted by Crippen LogP contribution is 2.19. The lowest BCUT2D eigenvalue weighted by molar-refractivity contribution is -0.136. The highest BCUT2D eigenvalue weighted by molar-refractivity contribution is 5.80. The molecule has 6 heteroatoms. The van der Waals surface area contributed by atoms with Crippen molar-refractivity contribution < 1.29 is 9.59 Å². The molecule has 3 N–H and O–H groups in total. The van der Waals surface area contributed by atoms with Crippen LogP contribution in [0.1, 0.15) is 32.6 Å². The third kappa shape index (κ3) is 3.93. The Morgan fingerprint density at radius 2 is 1.70 bits per heavy atom. The molecular weight excluding hydrogens is 256 g/mol. The van der Waals surface area contributed by atoms with E-state index in [2.05, 4.69) is 17.2 Å². The minimum Gasteiger partial charge on any atom is -0.342 e. The SMILES string of the molecule is CC1CCN(CC(=O)N2CCC(C(=O)NN)CC2)CC1. The molecule has 0 radical (unpaired) electrons. The van der Waals surface area contributed by atoms with Gasteiger partial charge in [-0.25, -0.2) is 5.84 Å². The summed E-state index contributed by atoms with van der Waals surface area (Å²) in [5.41, 5.74) is 2.20. The summed E-state index contributed by atoms with van der Waals surface area (Å²) >= 11 is 0. The van der Waals surface area contributed by atoms with Gasteiger partial charge in [-0.1, -0.05) is 6.92 Å². The fraction of sp³-hybridized carbons (Fsp3) is 0.857. The van der Waals surface area contributed by atoms with Crippen LogP contribution in [0.4, 0.5) is 0 Å². The van der Waals surface area contributed by atoms with Gasteiger partial charge in [0.05, 0.1) is 6.54 Å². The van der Waals surface area contributed by atoms with Crippen LogP contribution in [0.5, 0.6) is 0 Å². The fourth-order valence-electron chi connectivity index (χ4n) is 3.02. The van der Waals surface area contributed by atoms with E-state index in [4.69, 9.17) is 5.84 Å². The van der Waals surface area contributed by atoms with Gasteiger partial charge in [0, 0.05) is 19.0 Å². The highest BCUT2D eigenvalue weighted by atomic mass is 16.2. The second-order valence-electron chi connectivity index (χ2n) is 6.12. The van der Waals surface area contributed by atoms with Crippen molar-refractivity contribution in [2.75, 3.05) is 32.7 Å². The molecule has 2 aliphatic rings. The number of nitrogens with one attached hydrogen (secondary N) is 1. The second kappa shape index (κ2) is 7.04. The molecular formula is C14H26N4O2. The molecule has 0 aromatic heterocycles. The Labute approximate surface area is 120 Å². The Morgan fingerprint density at radius 3 is 2.25 bits per heavy atom. The smallest absolute Gasteiger partial charge is 0.237 e. The topological polar surface area (TPSA) is 78.7 Å². The van der Waals surface area contributed by atoms with E-state index < -0.39 is 0 Å². The zero-order valence-corrected chi connectivity index (χ0v) is 12.3. The van der Waals surface area contributed by atoms with Crippen molar-refractivity contribution in [3.8, 4) is 0 Å². The summed E-state index contributed by atoms with van der Waals surface area (Å²) in [6, 6.07) is 0. The van der Waals surface area contributed by atoms with Gasteiger partial charge >= 0.3 is 0 Å². The van der Waals surface area contributed by atoms with E-state index >= 15 is 0 Å². The molecule has 0 aromatic rings. The van der Waals surface area contributed by atoms with Crippen molar-refractivity contribution in [1.82, 2.24) is 15.2 Å². The number of rotatable bonds is 3. The summed E-state index contributed by atoms with van der Waals surface area (Å²) < 4.78 is 0. The Kier molecular flexibility index (Phi) is 5.37. The van der Waals surface area contributed by atoms with Crippen molar-refractivity contribution >= 4 is 11.8 Å². The first-order valence-corrected chi connectivity index (χ1v) is 7.60. The molecule has 2 rings (SSSR count). The first-order chi connectivity index (χ1) is 9.60. The average molecular weight is 282 g/mol. The van der Waals surface area contributed by atoms with Crippen LogP contribution < -0.4 is 11.3 Å². The number of carbonyl (C=O) groups is 2. The first kappa shape index (κ1) is 15.3. The van der Waals surface area contributed by atoms with Crippen LogP contribution in [0.3, 0.4) is 0 Å². The summed E-state index contributed by atoms with van der Waals surface area (Å²) in [7, 11) is 0. The van der Waals surface area contributed by atoms with Crippen LogP contribution in [0, 0.1) is 11.8 Å². The molecule has 20 heavy (non-hydrogen) atoms. The first-order valence-electron chi connectivity index (χ1n) is 7.60. The standard InChI is InChI=1S/C14H26N4O2/c1-11-2-6-17(7-3-11)10-13(19)18-8-4-12(5-9-18)14(20)16-15/h11-12H,2-10,15H2,1H3,(H,16,20). The predicted octanol–water partition coefficient (Wildman–Crippen LogP) is -0.0532. The average Bonchev–Trinajstić information content (AvgIpc) is 2.49. The zero-order chi connectivity index (χ0) is 14.5. The Bertz CT molecular complexity index is 345. The maximum absolute atomic E-state index is 12.3. The summed E-state index contributed by atoms with van der Waals surface area (Å²) in [6.07, 6.45) is 3.80. The van der Waals surface area contributed by atoms with E-state index in [1.165, 1.54) is 12.8 Å². The minimum atomic E-state index is -0.109. The molecule has 114 valence electrons. The minimum absolute atomic E-state index is 0.0418. The van der Waals surface area contributed by atoms with Gasteiger partial charge in [-0.2, -0.15) is 0 Å². The number of hydrogen-bond donors (Lipinski definition) is 2. The molecule has 0 aliphatic carbocycles. The molecule has 0 saturated carbocycles. The summed E-state index contributed by atoms with van der Waals surface area (Å²) in [6.45, 7) is 6.19. The number of amides is 2. The molecule has 0 atom stereocenters. The summed E-state index contributed by atoms with van der Waals surface area (Å²) in [5.74, 6) is 5.98. The van der Waals surface area contributed by atoms with E-state index in [-0.39, 0.29) is 17.7 Å². The fourth-order valence-corrected chi connectivity index (χ4v) is 3.02. The number of nitrogens with zero attached hydrogens (tertiary/aromatic N) is 2. The van der Waals surface area contributed by atoms with Crippen LogP contribution in [0.25, 0.3) is 0 Å². The number of hydrazine groups is 1. The number of likely N-dealkylation sites (tertiary alicyclic amines) is 2. The third-order valence-corrected chi connectivity index (χ3v) is 4.60. The molecule has 6 nitrogen and oxygen atoms in total. The van der Waals surface area contributed by atoms with E-state index in [0.29, 0.717) is 32.5 Å². The molecule has 2 aliphatic heterocycles. The van der Waals surface area contributed by atoms with E-state index in [9.17, 15) is 9.59 Å². The van der Waals surface area contributed by atoms with Gasteiger partial charge in [0.1, 0.15) is 0 Å². The van der Waals surface area contributed by atoms with Crippen LogP contribution in [-0.4, -0.2) is 54.3 Å². The van der Waals surface area contributed by atoms with Crippen molar-refractivity contribution in [3.63, 3.8) is 0 Å². The number of hydrogen-bond acceptors (Lipinski definition) is 4. The van der Waals surface area contributed by atoms with E-state index in [1.54, 1.807) is 0 Å². The van der Waals surface area contributed by atoms with Crippen LogP contribution in [0.2, 0.25) is 0 Å². The monoisotopic (exact) mass is 282 g/mol. The van der Waals surface area contributed by atoms with Gasteiger partial charge in [-0.3, -0.25) is 19.9 Å². The van der Waals surface area contributed by atoms with E-state index in [0.717, 1.165) is 19.0 Å². The second-order valence-corrected chi connectivity index (χ2v) is 6.12. The van der Waals surface area contributed by atoms with Gasteiger partial charge in [-0.05, 0) is 44.7 Å². The van der Waals surface area contributed by atoms with Crippen LogP contribution in [-0.2, 0) is 9.59 Å². The van der Waals surface area contributed by atoms with Crippen LogP contribution in [0.15, 0.2) is 0 Å². The van der Waals surface area contributed by atoms with Crippen molar-refractivity contribution in [3.05, 3.63) is 0 Å². The lowest BCUT2D eigenvalue weighted by atomic mass is 9.96.